The largest absolute Gasteiger partial charge is 0.392 e. The van der Waals surface area contributed by atoms with Gasteiger partial charge in [-0.25, -0.2) is 26.6 Å². The summed E-state index contributed by atoms with van der Waals surface area (Å²) < 4.78 is 83.9. The van der Waals surface area contributed by atoms with Crippen LogP contribution in [0.2, 0.25) is 0 Å². The molecule has 2 heterocycles. The summed E-state index contributed by atoms with van der Waals surface area (Å²) in [7, 11) is 1.76. The van der Waals surface area contributed by atoms with Crippen molar-refractivity contribution in [3.8, 4) is 11.1 Å². The quantitative estimate of drug-likeness (QED) is 0.0724. The summed E-state index contributed by atoms with van der Waals surface area (Å²) in [5, 5.41) is 24.1. The Hall–Kier alpha value is -4.70. The number of tetrazole rings is 1. The number of benzene rings is 4. The molecule has 4 aromatic carbocycles. The van der Waals surface area contributed by atoms with Gasteiger partial charge in [0.15, 0.2) is 29.6 Å². The standard InChI is InChI=1S/C35H30F5N5O4S/c1-18-25(17-50-35-42-43-44-45(35)2)48-34(49-32(18)21-9-7-19(16-46)8-10-21)22-13-11-20(12-14-22)24-6-4-3-5-23(24)15-41-33(47)26-27(36)29(38)31(40)30(39)28(26)37/h3-14,18,25,32,34,46H,15-17H2,1-2H3,(H,41,47)/t18-,25+,32+,34+/m0/s1. The summed E-state index contributed by atoms with van der Waals surface area (Å²) in [6, 6.07) is 21.8. The second-order valence-electron chi connectivity index (χ2n) is 11.6. The normalized spacial score (nSPS) is 19.0. The van der Waals surface area contributed by atoms with Crippen LogP contribution in [0.3, 0.4) is 0 Å². The number of rotatable bonds is 10. The fourth-order valence-electron chi connectivity index (χ4n) is 5.65. The summed E-state index contributed by atoms with van der Waals surface area (Å²) in [6.07, 6.45) is -1.35. The summed E-state index contributed by atoms with van der Waals surface area (Å²) in [5.74, 6) is -12.1. The molecule has 0 aliphatic carbocycles. The smallest absolute Gasteiger partial charge is 0.257 e. The highest BCUT2D eigenvalue weighted by Crippen LogP contribution is 2.43. The first-order chi connectivity index (χ1) is 24.1. The van der Waals surface area contributed by atoms with Crippen molar-refractivity contribution in [1.29, 1.82) is 0 Å². The van der Waals surface area contributed by atoms with Crippen LogP contribution in [-0.4, -0.2) is 43.1 Å². The van der Waals surface area contributed by atoms with Crippen LogP contribution in [0.25, 0.3) is 11.1 Å². The molecule has 1 aromatic heterocycles. The number of thioether (sulfide) groups is 1. The lowest BCUT2D eigenvalue weighted by Gasteiger charge is -2.41. The van der Waals surface area contributed by atoms with E-state index in [1.165, 1.54) is 11.8 Å². The topological polar surface area (TPSA) is 111 Å². The van der Waals surface area contributed by atoms with E-state index in [-0.39, 0.29) is 31.3 Å². The van der Waals surface area contributed by atoms with E-state index in [4.69, 9.17) is 9.47 Å². The molecule has 1 saturated heterocycles. The molecule has 4 atom stereocenters. The Morgan fingerprint density at radius 1 is 0.880 bits per heavy atom. The molecule has 15 heteroatoms. The van der Waals surface area contributed by atoms with Gasteiger partial charge in [-0.2, -0.15) is 0 Å². The molecule has 0 spiro atoms. The van der Waals surface area contributed by atoms with E-state index in [9.17, 15) is 31.9 Å². The van der Waals surface area contributed by atoms with Gasteiger partial charge in [0.1, 0.15) is 5.56 Å². The molecule has 1 aliphatic rings. The summed E-state index contributed by atoms with van der Waals surface area (Å²) in [6.45, 7) is 1.71. The van der Waals surface area contributed by atoms with Gasteiger partial charge in [-0.1, -0.05) is 91.5 Å². The zero-order chi connectivity index (χ0) is 35.5. The van der Waals surface area contributed by atoms with Crippen molar-refractivity contribution < 1.29 is 41.3 Å². The van der Waals surface area contributed by atoms with Crippen LogP contribution in [-0.2, 0) is 29.7 Å². The molecule has 9 nitrogen and oxygen atoms in total. The maximum atomic E-state index is 14.2. The highest BCUT2D eigenvalue weighted by Gasteiger charge is 2.38. The number of amides is 1. The predicted molar refractivity (Wildman–Crippen MR) is 172 cm³/mol. The lowest BCUT2D eigenvalue weighted by Crippen LogP contribution is -2.38. The van der Waals surface area contributed by atoms with Crippen LogP contribution in [0.15, 0.2) is 78.0 Å². The van der Waals surface area contributed by atoms with E-state index >= 15 is 0 Å². The number of ether oxygens (including phenoxy) is 2. The van der Waals surface area contributed by atoms with Crippen molar-refractivity contribution in [3.05, 3.63) is 130 Å². The summed E-state index contributed by atoms with van der Waals surface area (Å²) >= 11 is 1.46. The number of aryl methyl sites for hydroxylation is 1. The maximum absolute atomic E-state index is 14.2. The van der Waals surface area contributed by atoms with Crippen molar-refractivity contribution in [2.75, 3.05) is 5.75 Å². The van der Waals surface area contributed by atoms with Gasteiger partial charge in [-0.3, -0.25) is 4.79 Å². The number of aromatic nitrogens is 4. The minimum Gasteiger partial charge on any atom is -0.392 e. The molecule has 50 heavy (non-hydrogen) atoms. The Labute approximate surface area is 287 Å². The number of halogens is 5. The molecule has 260 valence electrons. The molecule has 5 aromatic rings. The zero-order valence-corrected chi connectivity index (χ0v) is 27.4. The van der Waals surface area contributed by atoms with Crippen molar-refractivity contribution in [2.24, 2.45) is 13.0 Å². The molecule has 6 rings (SSSR count). The van der Waals surface area contributed by atoms with Crippen molar-refractivity contribution in [1.82, 2.24) is 25.5 Å². The van der Waals surface area contributed by atoms with Crippen LogP contribution in [0.4, 0.5) is 22.0 Å². The third kappa shape index (κ3) is 7.12. The average molecular weight is 712 g/mol. The summed E-state index contributed by atoms with van der Waals surface area (Å²) in [4.78, 5) is 12.6. The molecule has 0 saturated carbocycles. The molecule has 1 aliphatic heterocycles. The number of aliphatic hydroxyl groups is 1. The van der Waals surface area contributed by atoms with Crippen molar-refractivity contribution in [3.63, 3.8) is 0 Å². The Morgan fingerprint density at radius 3 is 2.16 bits per heavy atom. The van der Waals surface area contributed by atoms with Gasteiger partial charge in [-0.15, -0.1) is 5.10 Å². The van der Waals surface area contributed by atoms with Gasteiger partial charge in [0.25, 0.3) is 5.91 Å². The Bertz CT molecular complexity index is 1970. The van der Waals surface area contributed by atoms with Crippen molar-refractivity contribution >= 4 is 17.7 Å². The molecular weight excluding hydrogens is 681 g/mol. The van der Waals surface area contributed by atoms with Gasteiger partial charge in [0.2, 0.25) is 11.0 Å². The Kier molecular flexibility index (Phi) is 10.6. The highest BCUT2D eigenvalue weighted by molar-refractivity contribution is 7.99. The Balaban J connectivity index is 1.22. The number of hydrogen-bond donors (Lipinski definition) is 2. The molecule has 1 amide bonds. The first-order valence-electron chi connectivity index (χ1n) is 15.4. The van der Waals surface area contributed by atoms with Crippen LogP contribution in [0, 0.1) is 35.0 Å². The van der Waals surface area contributed by atoms with Gasteiger partial charge in [0.05, 0.1) is 18.8 Å². The Morgan fingerprint density at radius 2 is 1.52 bits per heavy atom. The number of hydrogen-bond acceptors (Lipinski definition) is 8. The van der Waals surface area contributed by atoms with Crippen LogP contribution < -0.4 is 5.32 Å². The van der Waals surface area contributed by atoms with E-state index in [1.807, 2.05) is 55.5 Å². The fraction of sp³-hybridized carbons (Fsp3) is 0.257. The minimum atomic E-state index is -2.34. The fourth-order valence-corrected chi connectivity index (χ4v) is 6.67. The second kappa shape index (κ2) is 15.0. The van der Waals surface area contributed by atoms with Crippen molar-refractivity contribution in [2.45, 2.75) is 43.7 Å². The lowest BCUT2D eigenvalue weighted by atomic mass is 9.91. The monoisotopic (exact) mass is 711 g/mol. The van der Waals surface area contributed by atoms with Gasteiger partial charge < -0.3 is 19.9 Å². The third-order valence-electron chi connectivity index (χ3n) is 8.47. The van der Waals surface area contributed by atoms with Gasteiger partial charge in [-0.05, 0) is 38.2 Å². The third-order valence-corrected chi connectivity index (χ3v) is 9.57. The van der Waals surface area contributed by atoms with E-state index < -0.39 is 46.8 Å². The molecule has 0 bridgehead atoms. The summed E-state index contributed by atoms with van der Waals surface area (Å²) in [5.41, 5.74) is 2.78. The highest BCUT2D eigenvalue weighted by atomic mass is 32.2. The van der Waals surface area contributed by atoms with E-state index in [2.05, 4.69) is 20.8 Å². The van der Waals surface area contributed by atoms with Gasteiger partial charge >= 0.3 is 0 Å². The first-order valence-corrected chi connectivity index (χ1v) is 16.4. The molecule has 1 fully saturated rings. The van der Waals surface area contributed by atoms with E-state index in [0.29, 0.717) is 22.0 Å². The SMILES string of the molecule is C[C@H]1[C@@H](CSc2nnnn2C)O[C@@H](c2ccc(-c3ccccc3CNC(=O)c3c(F)c(F)c(F)c(F)c3F)cc2)O[C@H]1c1ccc(CO)cc1. The van der Waals surface area contributed by atoms with Crippen LogP contribution >= 0.6 is 11.8 Å². The molecule has 2 N–H and O–H groups in total. The van der Waals surface area contributed by atoms with Crippen LogP contribution in [0.5, 0.6) is 0 Å². The number of nitrogens with one attached hydrogen (secondary N) is 1. The molecule has 0 radical (unpaired) electrons. The van der Waals surface area contributed by atoms with Crippen LogP contribution in [0.1, 0.15) is 51.9 Å². The molecule has 0 unspecified atom stereocenters. The predicted octanol–water partition coefficient (Wildman–Crippen LogP) is 6.58. The maximum Gasteiger partial charge on any atom is 0.257 e. The van der Waals surface area contributed by atoms with E-state index in [0.717, 1.165) is 22.3 Å². The lowest BCUT2D eigenvalue weighted by molar-refractivity contribution is -0.268. The molecular formula is C35H30F5N5O4S. The average Bonchev–Trinajstić information content (AvgIpc) is 3.56. The number of carbonyl (C=O) groups is 1. The van der Waals surface area contributed by atoms with Gasteiger partial charge in [0, 0.05) is 30.8 Å². The second-order valence-corrected chi connectivity index (χ2v) is 12.6. The first kappa shape index (κ1) is 35.1. The minimum absolute atomic E-state index is 0.0638. The zero-order valence-electron chi connectivity index (χ0n) is 26.6. The van der Waals surface area contributed by atoms with E-state index in [1.54, 1.807) is 36.0 Å². The number of nitrogens with zero attached hydrogens (tertiary/aromatic N) is 4. The number of aliphatic hydroxyl groups excluding tert-OH is 1. The number of carbonyl (C=O) groups excluding carboxylic acids is 1.